The lowest BCUT2D eigenvalue weighted by atomic mass is 10.0. The fourth-order valence-corrected chi connectivity index (χ4v) is 1.57. The molecule has 0 heterocycles. The molecule has 0 spiro atoms. The van der Waals surface area contributed by atoms with Crippen LogP contribution in [0.15, 0.2) is 18.2 Å². The van der Waals surface area contributed by atoms with Crippen molar-refractivity contribution < 1.29 is 9.84 Å². The number of rotatable bonds is 5. The highest BCUT2D eigenvalue weighted by Crippen LogP contribution is 2.33. The minimum absolute atomic E-state index is 0.180. The molecule has 0 aromatic heterocycles. The maximum absolute atomic E-state index is 9.70. The summed E-state index contributed by atoms with van der Waals surface area (Å²) >= 11 is 0. The molecular weight excluding hydrogens is 192 g/mol. The number of nitrogens with two attached hydrogens (primary N) is 2. The minimum Gasteiger partial charge on any atom is -0.507 e. The van der Waals surface area contributed by atoms with Gasteiger partial charge in [-0.2, -0.15) is 0 Å². The van der Waals surface area contributed by atoms with Gasteiger partial charge in [-0.25, -0.2) is 0 Å². The third kappa shape index (κ3) is 2.84. The lowest BCUT2D eigenvalue weighted by Gasteiger charge is -2.16. The quantitative estimate of drug-likeness (QED) is 0.680. The van der Waals surface area contributed by atoms with E-state index in [0.717, 1.165) is 12.8 Å². The van der Waals surface area contributed by atoms with Gasteiger partial charge < -0.3 is 21.3 Å². The lowest BCUT2D eigenvalue weighted by Crippen LogP contribution is -2.13. The molecule has 0 aliphatic rings. The molecule has 0 bridgehead atoms. The second-order valence-electron chi connectivity index (χ2n) is 3.43. The number of ether oxygens (including phenoxy) is 1. The second kappa shape index (κ2) is 5.58. The van der Waals surface area contributed by atoms with Crippen LogP contribution in [0.1, 0.15) is 24.4 Å². The topological polar surface area (TPSA) is 81.5 Å². The van der Waals surface area contributed by atoms with Crippen LogP contribution in [0.5, 0.6) is 11.5 Å². The van der Waals surface area contributed by atoms with Gasteiger partial charge in [0.2, 0.25) is 0 Å². The zero-order chi connectivity index (χ0) is 11.3. The van der Waals surface area contributed by atoms with Crippen LogP contribution in [0.25, 0.3) is 0 Å². The molecule has 1 rings (SSSR count). The number of phenols is 1. The molecule has 0 radical (unpaired) electrons. The molecule has 1 aromatic rings. The van der Waals surface area contributed by atoms with Gasteiger partial charge in [-0.05, 0) is 31.5 Å². The van der Waals surface area contributed by atoms with Gasteiger partial charge in [0.05, 0.1) is 12.7 Å². The molecule has 84 valence electrons. The Kier molecular flexibility index (Phi) is 4.39. The Morgan fingerprint density at radius 2 is 2.20 bits per heavy atom. The summed E-state index contributed by atoms with van der Waals surface area (Å²) in [6.45, 7) is 0.601. The summed E-state index contributed by atoms with van der Waals surface area (Å²) in [6.07, 6.45) is 1.57. The third-order valence-corrected chi connectivity index (χ3v) is 2.35. The number of hydrogen-bond donors (Lipinski definition) is 3. The molecule has 0 aliphatic carbocycles. The second-order valence-corrected chi connectivity index (χ2v) is 3.43. The molecule has 4 nitrogen and oxygen atoms in total. The third-order valence-electron chi connectivity index (χ3n) is 2.35. The number of aromatic hydroxyl groups is 1. The van der Waals surface area contributed by atoms with Crippen LogP contribution in [0, 0.1) is 0 Å². The SMILES string of the molecule is COc1cccc(O)c1[C@@H](N)CCCN. The summed E-state index contributed by atoms with van der Waals surface area (Å²) in [6, 6.07) is 4.90. The Bertz CT molecular complexity index is 315. The molecule has 5 N–H and O–H groups in total. The van der Waals surface area contributed by atoms with Gasteiger partial charge in [0.25, 0.3) is 0 Å². The van der Waals surface area contributed by atoms with Crippen molar-refractivity contribution in [3.63, 3.8) is 0 Å². The van der Waals surface area contributed by atoms with Crippen LogP contribution >= 0.6 is 0 Å². The lowest BCUT2D eigenvalue weighted by molar-refractivity contribution is 0.390. The van der Waals surface area contributed by atoms with Crippen molar-refractivity contribution in [1.82, 2.24) is 0 Å². The van der Waals surface area contributed by atoms with Gasteiger partial charge in [0, 0.05) is 6.04 Å². The molecular formula is C11H18N2O2. The van der Waals surface area contributed by atoms with Crippen LogP contribution in [-0.2, 0) is 0 Å². The molecule has 0 aliphatic heterocycles. The predicted octanol–water partition coefficient (Wildman–Crippen LogP) is 1.14. The first-order valence-electron chi connectivity index (χ1n) is 5.02. The fourth-order valence-electron chi connectivity index (χ4n) is 1.57. The highest BCUT2D eigenvalue weighted by molar-refractivity contribution is 5.45. The summed E-state index contributed by atoms with van der Waals surface area (Å²) < 4.78 is 5.16. The van der Waals surface area contributed by atoms with Crippen molar-refractivity contribution in [3.8, 4) is 11.5 Å². The summed E-state index contributed by atoms with van der Waals surface area (Å²) in [5, 5.41) is 9.70. The maximum Gasteiger partial charge on any atom is 0.127 e. The first kappa shape index (κ1) is 11.8. The molecule has 1 aromatic carbocycles. The van der Waals surface area contributed by atoms with Crippen LogP contribution in [0.2, 0.25) is 0 Å². The van der Waals surface area contributed by atoms with Crippen molar-refractivity contribution in [2.24, 2.45) is 11.5 Å². The van der Waals surface area contributed by atoms with Gasteiger partial charge in [0.1, 0.15) is 11.5 Å². The molecule has 1 atom stereocenters. The van der Waals surface area contributed by atoms with Crippen molar-refractivity contribution >= 4 is 0 Å². The van der Waals surface area contributed by atoms with Crippen LogP contribution in [-0.4, -0.2) is 18.8 Å². The van der Waals surface area contributed by atoms with Gasteiger partial charge in [-0.15, -0.1) is 0 Å². The minimum atomic E-state index is -0.232. The summed E-state index contributed by atoms with van der Waals surface area (Å²) in [7, 11) is 1.56. The van der Waals surface area contributed by atoms with Gasteiger partial charge >= 0.3 is 0 Å². The van der Waals surface area contributed by atoms with Crippen molar-refractivity contribution in [3.05, 3.63) is 23.8 Å². The Balaban J connectivity index is 2.90. The predicted molar refractivity (Wildman–Crippen MR) is 59.9 cm³/mol. The Hall–Kier alpha value is -1.26. The Morgan fingerprint density at radius 1 is 1.47 bits per heavy atom. The van der Waals surface area contributed by atoms with E-state index in [2.05, 4.69) is 0 Å². The Labute approximate surface area is 89.8 Å². The van der Waals surface area contributed by atoms with Crippen LogP contribution < -0.4 is 16.2 Å². The average molecular weight is 210 g/mol. The number of methoxy groups -OCH3 is 1. The van der Waals surface area contributed by atoms with E-state index in [-0.39, 0.29) is 11.8 Å². The van der Waals surface area contributed by atoms with Crippen molar-refractivity contribution in [2.75, 3.05) is 13.7 Å². The van der Waals surface area contributed by atoms with Gasteiger partial charge in [-0.1, -0.05) is 6.07 Å². The van der Waals surface area contributed by atoms with E-state index in [0.29, 0.717) is 17.9 Å². The molecule has 15 heavy (non-hydrogen) atoms. The van der Waals surface area contributed by atoms with Gasteiger partial charge in [0.15, 0.2) is 0 Å². The number of hydrogen-bond acceptors (Lipinski definition) is 4. The summed E-state index contributed by atoms with van der Waals surface area (Å²) in [5.74, 6) is 0.804. The van der Waals surface area contributed by atoms with E-state index in [1.54, 1.807) is 25.3 Å². The van der Waals surface area contributed by atoms with E-state index < -0.39 is 0 Å². The van der Waals surface area contributed by atoms with Crippen LogP contribution in [0.3, 0.4) is 0 Å². The molecule has 0 fully saturated rings. The normalized spacial score (nSPS) is 12.5. The van der Waals surface area contributed by atoms with Crippen LogP contribution in [0.4, 0.5) is 0 Å². The molecule has 0 amide bonds. The first-order chi connectivity index (χ1) is 7.20. The molecule has 0 unspecified atom stereocenters. The van der Waals surface area contributed by atoms with E-state index >= 15 is 0 Å². The van der Waals surface area contributed by atoms with Gasteiger partial charge in [-0.3, -0.25) is 0 Å². The number of benzene rings is 1. The van der Waals surface area contributed by atoms with E-state index in [1.165, 1.54) is 0 Å². The van der Waals surface area contributed by atoms with Crippen molar-refractivity contribution in [2.45, 2.75) is 18.9 Å². The van der Waals surface area contributed by atoms with Crippen molar-refractivity contribution in [1.29, 1.82) is 0 Å². The maximum atomic E-state index is 9.70. The molecule has 4 heteroatoms. The first-order valence-corrected chi connectivity index (χ1v) is 5.02. The number of phenolic OH excluding ortho intramolecular Hbond substituents is 1. The average Bonchev–Trinajstić information content (AvgIpc) is 2.25. The zero-order valence-electron chi connectivity index (χ0n) is 8.94. The molecule has 0 saturated carbocycles. The smallest absolute Gasteiger partial charge is 0.127 e. The fraction of sp³-hybridized carbons (Fsp3) is 0.455. The zero-order valence-corrected chi connectivity index (χ0v) is 8.94. The summed E-state index contributed by atoms with van der Waals surface area (Å²) in [5.41, 5.74) is 12.0. The highest BCUT2D eigenvalue weighted by atomic mass is 16.5. The molecule has 0 saturated heterocycles. The van der Waals surface area contributed by atoms with E-state index in [9.17, 15) is 5.11 Å². The monoisotopic (exact) mass is 210 g/mol. The standard InChI is InChI=1S/C11H18N2O2/c1-15-10-6-2-5-9(14)11(10)8(13)4-3-7-12/h2,5-6,8,14H,3-4,7,12-13H2,1H3/t8-/m0/s1. The largest absolute Gasteiger partial charge is 0.507 e. The Morgan fingerprint density at radius 3 is 2.80 bits per heavy atom. The van der Waals surface area contributed by atoms with E-state index in [4.69, 9.17) is 16.2 Å². The van der Waals surface area contributed by atoms with E-state index in [1.807, 2.05) is 0 Å². The highest BCUT2D eigenvalue weighted by Gasteiger charge is 2.15. The summed E-state index contributed by atoms with van der Waals surface area (Å²) in [4.78, 5) is 0.